The topological polar surface area (TPSA) is 231 Å². The summed E-state index contributed by atoms with van der Waals surface area (Å²) in [6, 6.07) is 34.7. The average molecular weight is 1130 g/mol. The molecule has 19 heteroatoms. The maximum Gasteiger partial charge on any atom is 0.405 e. The predicted octanol–water partition coefficient (Wildman–Crippen LogP) is 10.4. The zero-order valence-corrected chi connectivity index (χ0v) is 46.7. The van der Waals surface area contributed by atoms with Gasteiger partial charge in [0.05, 0.1) is 62.0 Å². The Morgan fingerprint density at radius 1 is 0.655 bits per heavy atom. The Morgan fingerprint density at radius 2 is 1.20 bits per heavy atom. The van der Waals surface area contributed by atoms with Crippen LogP contribution in [0.2, 0.25) is 0 Å². The van der Waals surface area contributed by atoms with Gasteiger partial charge in [0.15, 0.2) is 40.6 Å². The van der Waals surface area contributed by atoms with Crippen molar-refractivity contribution in [3.05, 3.63) is 161 Å². The molecule has 5 amide bonds. The number of nitrogens with one attached hydrogen (secondary N) is 2. The number of carbonyl (C=O) groups excluding carboxylic acids is 5. The third-order valence-electron chi connectivity index (χ3n) is 16.1. The van der Waals surface area contributed by atoms with Crippen molar-refractivity contribution in [2.75, 3.05) is 39.5 Å². The highest BCUT2D eigenvalue weighted by atomic mass is 16.7. The van der Waals surface area contributed by atoms with Crippen LogP contribution in [0.15, 0.2) is 138 Å². The molecule has 84 heavy (non-hydrogen) atoms. The van der Waals surface area contributed by atoms with Crippen LogP contribution in [0.1, 0.15) is 94.8 Å². The monoisotopic (exact) mass is 1130 g/mol. The van der Waals surface area contributed by atoms with Crippen molar-refractivity contribution in [2.45, 2.75) is 76.1 Å². The molecule has 0 fully saturated rings. The molecule has 6 aromatic carbocycles. The Hall–Kier alpha value is -9.91. The number of hydrogen-bond donors (Lipinski definition) is 3. The lowest BCUT2D eigenvalue weighted by molar-refractivity contribution is -0.134. The first-order valence-corrected chi connectivity index (χ1v) is 27.9. The Bertz CT molecular complexity index is 3720. The van der Waals surface area contributed by atoms with Gasteiger partial charge in [-0.1, -0.05) is 73.7 Å². The Morgan fingerprint density at radius 3 is 1.77 bits per heavy atom. The van der Waals surface area contributed by atoms with Crippen molar-refractivity contribution in [3.8, 4) is 45.6 Å². The summed E-state index contributed by atoms with van der Waals surface area (Å²) in [7, 11) is 3.03. The molecule has 5 heterocycles. The fraction of sp³-hybridized carbons (Fsp3) is 0.277. The van der Waals surface area contributed by atoms with Crippen molar-refractivity contribution in [1.29, 1.82) is 0 Å². The van der Waals surface area contributed by atoms with Crippen LogP contribution in [0, 0.1) is 5.92 Å². The van der Waals surface area contributed by atoms with Gasteiger partial charge in [0, 0.05) is 73.7 Å². The van der Waals surface area contributed by atoms with Crippen LogP contribution in [0.25, 0.3) is 22.3 Å². The summed E-state index contributed by atoms with van der Waals surface area (Å²) in [6.07, 6.45) is 7.72. The maximum absolute atomic E-state index is 14.2. The van der Waals surface area contributed by atoms with E-state index < -0.39 is 36.0 Å². The molecule has 0 spiro atoms. The highest BCUT2D eigenvalue weighted by Gasteiger charge is 2.37. The summed E-state index contributed by atoms with van der Waals surface area (Å²) < 4.78 is 40.2. The van der Waals surface area contributed by atoms with Gasteiger partial charge in [0.1, 0.15) is 6.04 Å². The molecule has 428 valence electrons. The van der Waals surface area contributed by atoms with Crippen LogP contribution < -0.4 is 44.8 Å². The molecule has 6 aromatic rings. The molecular formula is C65H61N7O12. The van der Waals surface area contributed by atoms with Crippen molar-refractivity contribution in [3.63, 3.8) is 0 Å². The van der Waals surface area contributed by atoms with Gasteiger partial charge < -0.3 is 59.3 Å². The summed E-state index contributed by atoms with van der Waals surface area (Å²) in [4.78, 5) is 80.1. The lowest BCUT2D eigenvalue weighted by atomic mass is 9.87. The van der Waals surface area contributed by atoms with Crippen LogP contribution >= 0.6 is 0 Å². The van der Waals surface area contributed by atoms with Crippen LogP contribution in [0.4, 0.5) is 21.9 Å². The summed E-state index contributed by atoms with van der Waals surface area (Å²) in [5, 5.41) is 5.57. The van der Waals surface area contributed by atoms with Gasteiger partial charge in [-0.2, -0.15) is 0 Å². The summed E-state index contributed by atoms with van der Waals surface area (Å²) in [5.41, 5.74) is 16.1. The van der Waals surface area contributed by atoms with E-state index in [-0.39, 0.29) is 49.8 Å². The van der Waals surface area contributed by atoms with E-state index in [4.69, 9.17) is 48.9 Å². The largest absolute Gasteiger partial charge is 0.493 e. The fourth-order valence-corrected chi connectivity index (χ4v) is 11.7. The molecule has 0 saturated carbocycles. The second-order valence-electron chi connectivity index (χ2n) is 21.4. The number of primary amides is 1. The van der Waals surface area contributed by atoms with E-state index in [1.165, 1.54) is 36.5 Å². The van der Waals surface area contributed by atoms with E-state index in [1.54, 1.807) is 65.6 Å². The van der Waals surface area contributed by atoms with Gasteiger partial charge in [-0.3, -0.25) is 29.2 Å². The number of fused-ring (bicyclic) bond motifs is 8. The van der Waals surface area contributed by atoms with E-state index in [0.717, 1.165) is 22.3 Å². The van der Waals surface area contributed by atoms with E-state index in [1.807, 2.05) is 73.9 Å². The highest BCUT2D eigenvalue weighted by molar-refractivity contribution is 6.07. The van der Waals surface area contributed by atoms with Gasteiger partial charge in [-0.25, -0.2) is 4.79 Å². The number of carbonyl (C=O) groups is 5. The van der Waals surface area contributed by atoms with Crippen LogP contribution in [-0.2, 0) is 14.3 Å². The van der Waals surface area contributed by atoms with Crippen molar-refractivity contribution >= 4 is 70.4 Å². The van der Waals surface area contributed by atoms with Crippen LogP contribution in [-0.4, -0.2) is 110 Å². The molecule has 0 saturated heterocycles. The molecule has 12 rings (SSSR count). The van der Waals surface area contributed by atoms with E-state index in [2.05, 4.69) is 34.9 Å². The Kier molecular flexibility index (Phi) is 15.1. The molecule has 5 aliphatic heterocycles. The lowest BCUT2D eigenvalue weighted by Gasteiger charge is -2.25. The van der Waals surface area contributed by atoms with Gasteiger partial charge in [0.25, 0.3) is 17.7 Å². The number of amides is 5. The molecule has 0 bridgehead atoms. The van der Waals surface area contributed by atoms with Gasteiger partial charge in [0.2, 0.25) is 12.7 Å². The summed E-state index contributed by atoms with van der Waals surface area (Å²) >= 11 is 0. The number of methoxy groups -OCH3 is 2. The minimum Gasteiger partial charge on any atom is -0.493 e. The van der Waals surface area contributed by atoms with Gasteiger partial charge in [-0.05, 0) is 101 Å². The molecule has 4 N–H and O–H groups in total. The number of anilines is 1. The van der Waals surface area contributed by atoms with E-state index in [0.29, 0.717) is 94.8 Å². The molecule has 0 radical (unpaired) electrons. The van der Waals surface area contributed by atoms with Gasteiger partial charge >= 0.3 is 6.09 Å². The Labute approximate surface area is 484 Å². The third kappa shape index (κ3) is 10.8. The third-order valence-corrected chi connectivity index (χ3v) is 16.1. The minimum atomic E-state index is -1.21. The first-order valence-electron chi connectivity index (χ1n) is 27.9. The quantitative estimate of drug-likeness (QED) is 0.0643. The predicted molar refractivity (Wildman–Crippen MR) is 315 cm³/mol. The van der Waals surface area contributed by atoms with E-state index in [9.17, 15) is 24.0 Å². The number of nitrogens with zero attached hydrogens (tertiary/aromatic N) is 4. The van der Waals surface area contributed by atoms with Crippen LogP contribution in [0.3, 0.4) is 0 Å². The first-order chi connectivity index (χ1) is 40.8. The molecule has 19 nitrogen and oxygen atoms in total. The molecule has 0 aromatic heterocycles. The second kappa shape index (κ2) is 23.2. The number of ether oxygens (including phenoxy) is 7. The zero-order chi connectivity index (χ0) is 58.2. The number of aliphatic imine (C=N–C) groups is 2. The molecular weight excluding hydrogens is 1070 g/mol. The van der Waals surface area contributed by atoms with Crippen molar-refractivity contribution in [1.82, 2.24) is 15.1 Å². The molecule has 1 unspecified atom stereocenters. The number of hydrogen-bond acceptors (Lipinski definition) is 14. The first kappa shape index (κ1) is 54.7. The standard InChI is InChI=1S/C65H61N7O12/c1-36(14-20-49-47-12-7-5-10-45(47)46-11-6-8-13-48(46)49)60(84-65(66)77)62(74)69-37(2)61(73)70-42-18-15-38(16-19-42)40-24-43-31-67-52-29-58(55(78-3)27-50(52)63(75)71(43)33-40)80-22-9-23-81-59-30-53-51(28-56(59)79-4)64(76)72-34-41(25-44(72)32-68-53)39-17-21-54-57(26-39)83-35-82-54/h5-8,10-13,15-19,21,26-34,36-37,43-44,49,60H,9,14,20,22-25,35H2,1-4H3,(H2,66,77)(H,69,74)(H,70,73)/t36?,37-,43-,44-,60-/m0/s1. The summed E-state index contributed by atoms with van der Waals surface area (Å²) in [6.45, 7) is 4.07. The highest BCUT2D eigenvalue weighted by Crippen LogP contribution is 2.48. The Balaban J connectivity index is 0.627. The molecule has 5 atom stereocenters. The second-order valence-corrected chi connectivity index (χ2v) is 21.4. The van der Waals surface area contributed by atoms with E-state index >= 15 is 0 Å². The average Bonchev–Trinajstić information content (AvgIpc) is 3.03. The minimum absolute atomic E-state index is 0.118. The van der Waals surface area contributed by atoms with Crippen molar-refractivity contribution < 1.29 is 57.1 Å². The van der Waals surface area contributed by atoms with Gasteiger partial charge in [-0.15, -0.1) is 0 Å². The normalized spacial score (nSPS) is 17.9. The molecule has 6 aliphatic rings. The molecule has 1 aliphatic carbocycles. The van der Waals surface area contributed by atoms with Crippen molar-refractivity contribution in [2.24, 2.45) is 21.6 Å². The number of nitrogens with two attached hydrogens (primary N) is 1. The van der Waals surface area contributed by atoms with Crippen LogP contribution in [0.5, 0.6) is 34.5 Å². The number of benzene rings is 6. The summed E-state index contributed by atoms with van der Waals surface area (Å²) in [5.74, 6) is 1.13. The lowest BCUT2D eigenvalue weighted by Crippen LogP contribution is -2.49. The fourth-order valence-electron chi connectivity index (χ4n) is 11.7. The zero-order valence-electron chi connectivity index (χ0n) is 46.7. The maximum atomic E-state index is 14.2. The SMILES string of the molecule is COc1cc2c(cc1OCCCOc1cc3c(cc1OC)C(=O)N1C=C(c4ccc5c(c4)OCO5)C[C@H]1C=N3)N=C[C@@H]1CC(c3ccc(NC(=O)[C@H](C)NC(=O)[C@@H](OC(N)=O)C(C)CCC4c5ccccc5-c5ccccc54)cc3)=CN1C2=O. The smallest absolute Gasteiger partial charge is 0.405 e. The number of rotatable bonds is 19.